The van der Waals surface area contributed by atoms with Gasteiger partial charge in [-0.15, -0.1) is 0 Å². The van der Waals surface area contributed by atoms with Gasteiger partial charge in [-0.05, 0) is 46.2 Å². The molecule has 4 atom stereocenters. The number of aromatic amines is 2. The molecule has 0 aliphatic carbocycles. The second kappa shape index (κ2) is 18.1. The number of nitrogens with zero attached hydrogens (tertiary/aromatic N) is 6. The first-order valence-electron chi connectivity index (χ1n) is 20.3. The van der Waals surface area contributed by atoms with Crippen molar-refractivity contribution < 1.29 is 28.7 Å². The SMILES string of the molecule is COC(=O)N[C@H](C(=O)N1[C@H](c2ncc(-c3ccc(-c4ccc(-c5cnc([C@@H]6CCN(C)N6C(=O)[C@H](NC(=O)OC)c6ccccc6)[nH]5)cc4)cc3)[nH]2)CCN1C)c1ccccc1. The van der Waals surface area contributed by atoms with Crippen molar-refractivity contribution in [3.8, 4) is 33.6 Å². The van der Waals surface area contributed by atoms with Crippen molar-refractivity contribution in [1.29, 1.82) is 0 Å². The van der Waals surface area contributed by atoms with Crippen molar-refractivity contribution >= 4 is 24.0 Å². The van der Waals surface area contributed by atoms with E-state index in [1.165, 1.54) is 14.2 Å². The number of benzene rings is 4. The third-order valence-electron chi connectivity index (χ3n) is 11.4. The maximum Gasteiger partial charge on any atom is 0.407 e. The molecule has 0 unspecified atom stereocenters. The van der Waals surface area contributed by atoms with Crippen LogP contribution in [0, 0.1) is 0 Å². The third kappa shape index (κ3) is 8.50. The fourth-order valence-corrected chi connectivity index (χ4v) is 8.18. The van der Waals surface area contributed by atoms with E-state index in [1.54, 1.807) is 46.7 Å². The molecular formula is C46H48N10O6. The molecule has 16 nitrogen and oxygen atoms in total. The van der Waals surface area contributed by atoms with Crippen LogP contribution in [0.25, 0.3) is 33.6 Å². The number of rotatable bonds is 11. The quantitative estimate of drug-likeness (QED) is 0.112. The summed E-state index contributed by atoms with van der Waals surface area (Å²) in [5.74, 6) is 0.708. The summed E-state index contributed by atoms with van der Waals surface area (Å²) in [6, 6.07) is 31.9. The molecule has 0 saturated carbocycles. The van der Waals surface area contributed by atoms with E-state index in [2.05, 4.69) is 44.9 Å². The molecule has 4 aromatic carbocycles. The molecule has 2 fully saturated rings. The van der Waals surface area contributed by atoms with E-state index in [1.807, 2.05) is 84.8 Å². The van der Waals surface area contributed by atoms with E-state index < -0.39 is 24.3 Å². The number of carbonyl (C=O) groups excluding carboxylic acids is 4. The predicted molar refractivity (Wildman–Crippen MR) is 230 cm³/mol. The third-order valence-corrected chi connectivity index (χ3v) is 11.4. The highest BCUT2D eigenvalue weighted by Gasteiger charge is 2.42. The van der Waals surface area contributed by atoms with Gasteiger partial charge in [0.1, 0.15) is 35.8 Å². The number of nitrogens with one attached hydrogen (secondary N) is 4. The van der Waals surface area contributed by atoms with E-state index >= 15 is 0 Å². The summed E-state index contributed by atoms with van der Waals surface area (Å²) in [4.78, 5) is 69.0. The monoisotopic (exact) mass is 836 g/mol. The van der Waals surface area contributed by atoms with Gasteiger partial charge in [-0.25, -0.2) is 29.6 Å². The lowest BCUT2D eigenvalue weighted by Gasteiger charge is -2.32. The summed E-state index contributed by atoms with van der Waals surface area (Å²) in [5.41, 5.74) is 6.86. The van der Waals surface area contributed by atoms with Crippen LogP contribution >= 0.6 is 0 Å². The lowest BCUT2D eigenvalue weighted by atomic mass is 10.0. The second-order valence-corrected chi connectivity index (χ2v) is 15.2. The number of amides is 4. The largest absolute Gasteiger partial charge is 0.453 e. The molecule has 8 rings (SSSR count). The molecule has 16 heteroatoms. The zero-order valence-electron chi connectivity index (χ0n) is 34.8. The van der Waals surface area contributed by atoms with Gasteiger partial charge >= 0.3 is 12.2 Å². The van der Waals surface area contributed by atoms with E-state index in [-0.39, 0.29) is 23.9 Å². The summed E-state index contributed by atoms with van der Waals surface area (Å²) >= 11 is 0. The summed E-state index contributed by atoms with van der Waals surface area (Å²) in [6.07, 6.45) is 3.48. The number of hydrogen-bond donors (Lipinski definition) is 4. The van der Waals surface area contributed by atoms with Gasteiger partial charge in [0, 0.05) is 27.2 Å². The molecular weight excluding hydrogens is 789 g/mol. The maximum absolute atomic E-state index is 14.1. The molecule has 4 N–H and O–H groups in total. The Kier molecular flexibility index (Phi) is 12.1. The van der Waals surface area contributed by atoms with E-state index in [4.69, 9.17) is 19.4 Å². The number of imidazole rings is 2. The van der Waals surface area contributed by atoms with Gasteiger partial charge in [-0.1, -0.05) is 109 Å². The van der Waals surface area contributed by atoms with E-state index in [0.29, 0.717) is 48.7 Å². The number of hydrogen-bond acceptors (Lipinski definition) is 10. The smallest absolute Gasteiger partial charge is 0.407 e. The number of carbonyl (C=O) groups is 4. The Bertz CT molecular complexity index is 2340. The average Bonchev–Trinajstić information content (AvgIpc) is 4.15. The van der Waals surface area contributed by atoms with Gasteiger partial charge in [0.25, 0.3) is 11.8 Å². The summed E-state index contributed by atoms with van der Waals surface area (Å²) in [7, 11) is 6.24. The highest BCUT2D eigenvalue weighted by Crippen LogP contribution is 2.36. The Morgan fingerprint density at radius 3 is 1.27 bits per heavy atom. The van der Waals surface area contributed by atoms with Crippen molar-refractivity contribution in [2.75, 3.05) is 41.4 Å². The lowest BCUT2D eigenvalue weighted by molar-refractivity contribution is -0.149. The van der Waals surface area contributed by atoms with Gasteiger partial charge in [0.2, 0.25) is 0 Å². The molecule has 2 saturated heterocycles. The second-order valence-electron chi connectivity index (χ2n) is 15.2. The van der Waals surface area contributed by atoms with Gasteiger partial charge in [-0.3, -0.25) is 19.6 Å². The summed E-state index contributed by atoms with van der Waals surface area (Å²) in [6.45, 7) is 1.26. The number of alkyl carbamates (subject to hydrolysis) is 2. The molecule has 2 aliphatic rings. The molecule has 2 aliphatic heterocycles. The number of hydrazine groups is 2. The Labute approximate surface area is 358 Å². The highest BCUT2D eigenvalue weighted by molar-refractivity contribution is 5.88. The molecule has 62 heavy (non-hydrogen) atoms. The van der Waals surface area contributed by atoms with Crippen LogP contribution in [0.3, 0.4) is 0 Å². The molecule has 4 heterocycles. The summed E-state index contributed by atoms with van der Waals surface area (Å²) < 4.78 is 9.68. The number of methoxy groups -OCH3 is 2. The fraction of sp³-hybridized carbons (Fsp3) is 0.261. The minimum Gasteiger partial charge on any atom is -0.453 e. The van der Waals surface area contributed by atoms with Crippen molar-refractivity contribution in [3.63, 3.8) is 0 Å². The molecule has 4 amide bonds. The Morgan fingerprint density at radius 2 is 0.919 bits per heavy atom. The van der Waals surface area contributed by atoms with Crippen LogP contribution in [0.1, 0.15) is 59.8 Å². The van der Waals surface area contributed by atoms with E-state index in [0.717, 1.165) is 33.6 Å². The van der Waals surface area contributed by atoms with Gasteiger partial charge in [0.05, 0.1) is 38.0 Å². The van der Waals surface area contributed by atoms with Crippen molar-refractivity contribution in [3.05, 3.63) is 144 Å². The molecule has 6 aromatic rings. The van der Waals surface area contributed by atoms with Gasteiger partial charge in [-0.2, -0.15) is 0 Å². The van der Waals surface area contributed by atoms with Crippen molar-refractivity contribution in [1.82, 2.24) is 50.6 Å². The van der Waals surface area contributed by atoms with Crippen LogP contribution in [0.15, 0.2) is 122 Å². The fourth-order valence-electron chi connectivity index (χ4n) is 8.18. The van der Waals surface area contributed by atoms with Crippen LogP contribution in [0.2, 0.25) is 0 Å². The van der Waals surface area contributed by atoms with Gasteiger partial charge in [0.15, 0.2) is 0 Å². The average molecular weight is 837 g/mol. The zero-order valence-corrected chi connectivity index (χ0v) is 34.8. The lowest BCUT2D eigenvalue weighted by Crippen LogP contribution is -2.47. The number of aromatic nitrogens is 4. The van der Waals surface area contributed by atoms with Crippen LogP contribution in [-0.4, -0.2) is 105 Å². The molecule has 2 aromatic heterocycles. The van der Waals surface area contributed by atoms with Crippen molar-refractivity contribution in [2.45, 2.75) is 37.0 Å². The Balaban J connectivity index is 0.946. The minimum absolute atomic E-state index is 0.295. The van der Waals surface area contributed by atoms with Crippen LogP contribution in [0.5, 0.6) is 0 Å². The molecule has 0 spiro atoms. The van der Waals surface area contributed by atoms with Crippen LogP contribution < -0.4 is 10.6 Å². The van der Waals surface area contributed by atoms with Gasteiger partial charge < -0.3 is 30.1 Å². The van der Waals surface area contributed by atoms with Crippen LogP contribution in [0.4, 0.5) is 9.59 Å². The standard InChI is InChI=1S/C46H48N10O6/c1-53-25-23-37(55(53)43(57)39(51-45(59)61-3)33-11-7-5-8-12-33)41-47-27-35(49-41)31-19-15-29(16-20-31)30-17-21-32(22-18-30)36-28-48-42(50-36)38-24-26-54(2)56(38)44(58)40(52-46(60)62-4)34-13-9-6-10-14-34/h5-22,27-28,37-40H,23-26H2,1-4H3,(H,47,49)(H,48,50)(H,51,59)(H,52,60)/t37-,38-,39-,40+/m0/s1. The molecule has 0 bridgehead atoms. The molecule has 0 radical (unpaired) electrons. The highest BCUT2D eigenvalue weighted by atomic mass is 16.5. The predicted octanol–water partition coefficient (Wildman–Crippen LogP) is 6.57. The first kappa shape index (κ1) is 41.4. The maximum atomic E-state index is 14.1. The van der Waals surface area contributed by atoms with Crippen molar-refractivity contribution in [2.24, 2.45) is 0 Å². The number of ether oxygens (including phenoxy) is 2. The zero-order chi connectivity index (χ0) is 43.3. The topological polar surface area (TPSA) is 181 Å². The Hall–Kier alpha value is -7.30. The molecule has 318 valence electrons. The Morgan fingerprint density at radius 1 is 0.565 bits per heavy atom. The summed E-state index contributed by atoms with van der Waals surface area (Å²) in [5, 5.41) is 12.4. The number of H-pyrrole nitrogens is 2. The minimum atomic E-state index is -0.944. The van der Waals surface area contributed by atoms with E-state index in [9.17, 15) is 19.2 Å². The normalized spacial score (nSPS) is 17.7. The first-order valence-corrected chi connectivity index (χ1v) is 20.3. The van der Waals surface area contributed by atoms with Crippen LogP contribution in [-0.2, 0) is 19.1 Å². The first-order chi connectivity index (χ1) is 30.1.